The summed E-state index contributed by atoms with van der Waals surface area (Å²) in [7, 11) is 1.60. The van der Waals surface area contributed by atoms with E-state index in [1.165, 1.54) is 4.90 Å². The maximum atomic E-state index is 12.4. The topological polar surface area (TPSA) is 83.0 Å². The van der Waals surface area contributed by atoms with Crippen molar-refractivity contribution in [2.24, 2.45) is 4.99 Å². The van der Waals surface area contributed by atoms with Crippen LogP contribution in [0, 0.1) is 0 Å². The first-order valence-corrected chi connectivity index (χ1v) is 9.90. The van der Waals surface area contributed by atoms with Gasteiger partial charge in [0.25, 0.3) is 11.8 Å². The molecule has 0 saturated heterocycles. The Morgan fingerprint density at radius 2 is 1.55 bits per heavy atom. The van der Waals surface area contributed by atoms with Gasteiger partial charge in [0.15, 0.2) is 5.96 Å². The van der Waals surface area contributed by atoms with Gasteiger partial charge in [-0.2, -0.15) is 13.2 Å². The molecule has 0 atom stereocenters. The Balaban J connectivity index is 0.00000385. The highest BCUT2D eigenvalue weighted by Crippen LogP contribution is 2.21. The number of ether oxygens (including phenoxy) is 1. The van der Waals surface area contributed by atoms with E-state index in [-0.39, 0.29) is 48.9 Å². The zero-order valence-corrected chi connectivity index (χ0v) is 20.1. The Hall–Kier alpha value is -2.67. The average molecular weight is 576 g/mol. The predicted molar refractivity (Wildman–Crippen MR) is 128 cm³/mol. The predicted octanol–water partition coefficient (Wildman–Crippen LogP) is 3.34. The minimum Gasteiger partial charge on any atom is -0.367 e. The first-order valence-electron chi connectivity index (χ1n) is 9.90. The van der Waals surface area contributed by atoms with E-state index in [1.54, 1.807) is 55.6 Å². The molecule has 1 aliphatic rings. The molecule has 2 N–H and O–H groups in total. The third kappa shape index (κ3) is 7.42. The molecule has 0 spiro atoms. The largest absolute Gasteiger partial charge is 0.411 e. The number of benzene rings is 2. The van der Waals surface area contributed by atoms with E-state index in [4.69, 9.17) is 0 Å². The number of rotatable bonds is 8. The number of halogens is 4. The molecule has 0 radical (unpaired) electrons. The molecule has 2 amide bonds. The highest BCUT2D eigenvalue weighted by Gasteiger charge is 2.34. The Morgan fingerprint density at radius 3 is 2.09 bits per heavy atom. The van der Waals surface area contributed by atoms with Crippen LogP contribution in [0.15, 0.2) is 53.5 Å². The number of fused-ring (bicyclic) bond motifs is 1. The van der Waals surface area contributed by atoms with Crippen molar-refractivity contribution < 1.29 is 27.5 Å². The number of carbonyl (C=O) groups excluding carboxylic acids is 2. The standard InChI is InChI=1S/C22H23F3N4O3.HI/c1-26-21(27-10-11-29-19(30)17-4-2-3-5-18(17)20(29)31)28-12-15-6-8-16(9-7-15)13-32-14-22(23,24)25;/h2-9H,10-14H2,1H3,(H2,26,27,28);1H. The number of guanidine groups is 1. The normalized spacial score (nSPS) is 13.6. The summed E-state index contributed by atoms with van der Waals surface area (Å²) in [6.07, 6.45) is -4.34. The van der Waals surface area contributed by atoms with Crippen LogP contribution in [0.2, 0.25) is 0 Å². The van der Waals surface area contributed by atoms with Gasteiger partial charge in [0.2, 0.25) is 0 Å². The molecule has 11 heteroatoms. The molecule has 178 valence electrons. The molecule has 0 aliphatic carbocycles. The summed E-state index contributed by atoms with van der Waals surface area (Å²) in [4.78, 5) is 30.0. The Kier molecular flexibility index (Phi) is 9.65. The van der Waals surface area contributed by atoms with E-state index in [0.29, 0.717) is 35.7 Å². The Bertz CT molecular complexity index is 962. The molecule has 2 aromatic rings. The fourth-order valence-corrected chi connectivity index (χ4v) is 3.17. The van der Waals surface area contributed by atoms with Gasteiger partial charge in [0.05, 0.1) is 17.7 Å². The fourth-order valence-electron chi connectivity index (χ4n) is 3.17. The molecule has 0 aromatic heterocycles. The third-order valence-electron chi connectivity index (χ3n) is 4.75. The summed E-state index contributed by atoms with van der Waals surface area (Å²) in [6, 6.07) is 13.7. The number of nitrogens with zero attached hydrogens (tertiary/aromatic N) is 2. The van der Waals surface area contributed by atoms with Crippen molar-refractivity contribution in [2.75, 3.05) is 26.7 Å². The van der Waals surface area contributed by atoms with E-state index >= 15 is 0 Å². The molecule has 2 aromatic carbocycles. The average Bonchev–Trinajstić information content (AvgIpc) is 3.01. The third-order valence-corrected chi connectivity index (χ3v) is 4.75. The second-order valence-electron chi connectivity index (χ2n) is 7.08. The van der Waals surface area contributed by atoms with Crippen molar-refractivity contribution in [1.29, 1.82) is 0 Å². The Morgan fingerprint density at radius 1 is 0.970 bits per heavy atom. The molecule has 0 unspecified atom stereocenters. The van der Waals surface area contributed by atoms with Crippen molar-refractivity contribution >= 4 is 41.8 Å². The summed E-state index contributed by atoms with van der Waals surface area (Å²) in [5, 5.41) is 6.16. The van der Waals surface area contributed by atoms with Gasteiger partial charge in [-0.05, 0) is 23.3 Å². The lowest BCUT2D eigenvalue weighted by Gasteiger charge is -2.16. The summed E-state index contributed by atoms with van der Waals surface area (Å²) >= 11 is 0. The van der Waals surface area contributed by atoms with Gasteiger partial charge in [-0.3, -0.25) is 19.5 Å². The number of hydrogen-bond donors (Lipinski definition) is 2. The van der Waals surface area contributed by atoms with Crippen LogP contribution in [0.25, 0.3) is 0 Å². The molecule has 3 rings (SSSR count). The molecular weight excluding hydrogens is 552 g/mol. The van der Waals surface area contributed by atoms with Gasteiger partial charge in [0.1, 0.15) is 6.61 Å². The van der Waals surface area contributed by atoms with E-state index in [1.807, 2.05) is 0 Å². The number of amides is 2. The fraction of sp³-hybridized carbons (Fsp3) is 0.318. The van der Waals surface area contributed by atoms with Gasteiger partial charge in [-0.1, -0.05) is 36.4 Å². The second-order valence-corrected chi connectivity index (χ2v) is 7.08. The molecular formula is C22H24F3IN4O3. The minimum atomic E-state index is -4.34. The van der Waals surface area contributed by atoms with Crippen molar-refractivity contribution in [3.05, 3.63) is 70.8 Å². The minimum absolute atomic E-state index is 0. The smallest absolute Gasteiger partial charge is 0.367 e. The number of nitrogens with one attached hydrogen (secondary N) is 2. The SMILES string of the molecule is CN=C(NCCN1C(=O)c2ccccc2C1=O)NCc1ccc(COCC(F)(F)F)cc1.I. The van der Waals surface area contributed by atoms with E-state index in [2.05, 4.69) is 20.4 Å². The molecule has 0 bridgehead atoms. The van der Waals surface area contributed by atoms with Crippen molar-refractivity contribution in [2.45, 2.75) is 19.3 Å². The maximum absolute atomic E-state index is 12.4. The monoisotopic (exact) mass is 576 g/mol. The van der Waals surface area contributed by atoms with Gasteiger partial charge < -0.3 is 15.4 Å². The van der Waals surface area contributed by atoms with Gasteiger partial charge in [0, 0.05) is 26.7 Å². The van der Waals surface area contributed by atoms with E-state index in [9.17, 15) is 22.8 Å². The van der Waals surface area contributed by atoms with Gasteiger partial charge in [-0.15, -0.1) is 24.0 Å². The Labute approximate surface area is 206 Å². The zero-order valence-electron chi connectivity index (χ0n) is 17.8. The van der Waals surface area contributed by atoms with Gasteiger partial charge in [-0.25, -0.2) is 0 Å². The summed E-state index contributed by atoms with van der Waals surface area (Å²) in [5.41, 5.74) is 2.36. The van der Waals surface area contributed by atoms with Crippen LogP contribution in [0.4, 0.5) is 13.2 Å². The highest BCUT2D eigenvalue weighted by atomic mass is 127. The van der Waals surface area contributed by atoms with Crippen LogP contribution in [-0.2, 0) is 17.9 Å². The first kappa shape index (κ1) is 26.6. The van der Waals surface area contributed by atoms with E-state index < -0.39 is 12.8 Å². The number of imide groups is 1. The molecule has 1 aliphatic heterocycles. The van der Waals surface area contributed by atoms with Crippen LogP contribution in [0.5, 0.6) is 0 Å². The second kappa shape index (κ2) is 12.0. The molecule has 33 heavy (non-hydrogen) atoms. The highest BCUT2D eigenvalue weighted by molar-refractivity contribution is 14.0. The first-order chi connectivity index (χ1) is 15.3. The van der Waals surface area contributed by atoms with E-state index in [0.717, 1.165) is 5.56 Å². The lowest BCUT2D eigenvalue weighted by Crippen LogP contribution is -2.42. The number of aliphatic imine (C=N–C) groups is 1. The number of alkyl halides is 3. The maximum Gasteiger partial charge on any atom is 0.411 e. The van der Waals surface area contributed by atoms with Crippen LogP contribution < -0.4 is 10.6 Å². The lowest BCUT2D eigenvalue weighted by atomic mass is 10.1. The molecule has 0 saturated carbocycles. The van der Waals surface area contributed by atoms with Crippen LogP contribution in [0.1, 0.15) is 31.8 Å². The van der Waals surface area contributed by atoms with Crippen molar-refractivity contribution in [1.82, 2.24) is 15.5 Å². The van der Waals surface area contributed by atoms with Crippen LogP contribution >= 0.6 is 24.0 Å². The van der Waals surface area contributed by atoms with Crippen molar-refractivity contribution in [3.63, 3.8) is 0 Å². The van der Waals surface area contributed by atoms with Crippen molar-refractivity contribution in [3.8, 4) is 0 Å². The molecule has 7 nitrogen and oxygen atoms in total. The summed E-state index contributed by atoms with van der Waals surface area (Å²) in [6.45, 7) is -0.454. The summed E-state index contributed by atoms with van der Waals surface area (Å²) < 4.78 is 41.0. The van der Waals surface area contributed by atoms with Crippen LogP contribution in [0.3, 0.4) is 0 Å². The molecule has 1 heterocycles. The number of carbonyl (C=O) groups is 2. The number of hydrogen-bond acceptors (Lipinski definition) is 4. The van der Waals surface area contributed by atoms with Gasteiger partial charge >= 0.3 is 6.18 Å². The summed E-state index contributed by atoms with van der Waals surface area (Å²) in [5.74, 6) is -0.136. The quantitative estimate of drug-likeness (QED) is 0.218. The zero-order chi connectivity index (χ0) is 23.1. The molecule has 0 fully saturated rings. The van der Waals surface area contributed by atoms with Crippen LogP contribution in [-0.4, -0.2) is 55.6 Å². The lowest BCUT2D eigenvalue weighted by molar-refractivity contribution is -0.176.